The van der Waals surface area contributed by atoms with Crippen LogP contribution in [0.25, 0.3) is 0 Å². The standard InChI is InChI=1S/C46H90NO8P/c1-6-8-10-12-14-16-18-20-21-22-23-24-25-27-28-30-32-34-36-38-45(48)52-42-44(43-54-56(50,51)53-41-40-47(3,4)5)55-46(49)39-37-35-33-31-29-26-19-17-15-13-11-9-7-2/h17,19,44H,6-16,18,20-43H2,1-5H3/b19-17-. The van der Waals surface area contributed by atoms with Crippen LogP contribution in [-0.4, -0.2) is 70.0 Å². The molecule has 0 saturated carbocycles. The van der Waals surface area contributed by atoms with E-state index in [-0.39, 0.29) is 32.0 Å². The Kier molecular flexibility index (Phi) is 38.3. The highest BCUT2D eigenvalue weighted by atomic mass is 31.2. The minimum atomic E-state index is -4.62. The van der Waals surface area contributed by atoms with E-state index in [2.05, 4.69) is 26.0 Å². The highest BCUT2D eigenvalue weighted by molar-refractivity contribution is 7.45. The van der Waals surface area contributed by atoms with Crippen molar-refractivity contribution in [3.63, 3.8) is 0 Å². The number of hydrogen-bond donors (Lipinski definition) is 0. The number of nitrogens with zero attached hydrogens (tertiary/aromatic N) is 1. The Morgan fingerprint density at radius 2 is 0.911 bits per heavy atom. The topological polar surface area (TPSA) is 111 Å². The van der Waals surface area contributed by atoms with Crippen molar-refractivity contribution in [2.75, 3.05) is 47.5 Å². The molecule has 2 atom stereocenters. The number of hydrogen-bond acceptors (Lipinski definition) is 8. The second-order valence-electron chi connectivity index (χ2n) is 17.1. The number of quaternary nitrogens is 1. The molecule has 0 aliphatic heterocycles. The van der Waals surface area contributed by atoms with Gasteiger partial charge in [0.2, 0.25) is 0 Å². The summed E-state index contributed by atoms with van der Waals surface area (Å²) in [6, 6.07) is 0. The zero-order chi connectivity index (χ0) is 41.4. The van der Waals surface area contributed by atoms with E-state index in [9.17, 15) is 19.0 Å². The molecule has 0 bridgehead atoms. The molecule has 10 heteroatoms. The van der Waals surface area contributed by atoms with Gasteiger partial charge in [-0.3, -0.25) is 14.2 Å². The van der Waals surface area contributed by atoms with Crippen LogP contribution in [0.15, 0.2) is 12.2 Å². The average Bonchev–Trinajstić information content (AvgIpc) is 3.15. The fourth-order valence-corrected chi connectivity index (χ4v) is 7.32. The third-order valence-electron chi connectivity index (χ3n) is 10.3. The highest BCUT2D eigenvalue weighted by Gasteiger charge is 2.21. The highest BCUT2D eigenvalue weighted by Crippen LogP contribution is 2.38. The molecule has 0 radical (unpaired) electrons. The normalized spacial score (nSPS) is 13.6. The summed E-state index contributed by atoms with van der Waals surface area (Å²) in [5.74, 6) is -0.833. The zero-order valence-corrected chi connectivity index (χ0v) is 38.2. The van der Waals surface area contributed by atoms with Gasteiger partial charge in [-0.2, -0.15) is 0 Å². The summed E-state index contributed by atoms with van der Waals surface area (Å²) in [4.78, 5) is 37.5. The number of phosphoric ester groups is 1. The van der Waals surface area contributed by atoms with Crippen molar-refractivity contribution in [2.45, 2.75) is 225 Å². The Balaban J connectivity index is 4.25. The van der Waals surface area contributed by atoms with Crippen LogP contribution in [0.3, 0.4) is 0 Å². The predicted molar refractivity (Wildman–Crippen MR) is 231 cm³/mol. The first-order chi connectivity index (χ1) is 27.0. The molecule has 0 amide bonds. The van der Waals surface area contributed by atoms with Crippen LogP contribution >= 0.6 is 7.82 Å². The molecular weight excluding hydrogens is 725 g/mol. The second-order valence-corrected chi connectivity index (χ2v) is 18.5. The van der Waals surface area contributed by atoms with Gasteiger partial charge >= 0.3 is 11.9 Å². The van der Waals surface area contributed by atoms with Gasteiger partial charge in [-0.15, -0.1) is 0 Å². The van der Waals surface area contributed by atoms with E-state index >= 15 is 0 Å². The molecule has 0 aromatic heterocycles. The number of likely N-dealkylation sites (N-methyl/N-ethyl adjacent to an activating group) is 1. The lowest BCUT2D eigenvalue weighted by Crippen LogP contribution is -2.37. The van der Waals surface area contributed by atoms with Crippen LogP contribution in [0.2, 0.25) is 0 Å². The quantitative estimate of drug-likeness (QED) is 0.0197. The Labute approximate surface area is 346 Å². The first kappa shape index (κ1) is 54.8. The van der Waals surface area contributed by atoms with Crippen molar-refractivity contribution < 1.29 is 42.1 Å². The monoisotopic (exact) mass is 816 g/mol. The molecule has 56 heavy (non-hydrogen) atoms. The predicted octanol–water partition coefficient (Wildman–Crippen LogP) is 12.7. The van der Waals surface area contributed by atoms with Gasteiger partial charge in [-0.05, 0) is 38.5 Å². The fourth-order valence-electron chi connectivity index (χ4n) is 6.59. The van der Waals surface area contributed by atoms with E-state index in [0.29, 0.717) is 17.4 Å². The Morgan fingerprint density at radius 1 is 0.536 bits per heavy atom. The number of phosphoric acid groups is 1. The molecule has 0 saturated heterocycles. The van der Waals surface area contributed by atoms with E-state index < -0.39 is 26.5 Å². The van der Waals surface area contributed by atoms with Gasteiger partial charge < -0.3 is 27.9 Å². The molecule has 0 aromatic rings. The van der Waals surface area contributed by atoms with Crippen molar-refractivity contribution in [3.05, 3.63) is 12.2 Å². The molecule has 0 fully saturated rings. The number of rotatable bonds is 43. The van der Waals surface area contributed by atoms with Gasteiger partial charge in [-0.25, -0.2) is 0 Å². The van der Waals surface area contributed by atoms with Crippen molar-refractivity contribution in [3.8, 4) is 0 Å². The van der Waals surface area contributed by atoms with Crippen LogP contribution < -0.4 is 4.89 Å². The van der Waals surface area contributed by atoms with Gasteiger partial charge in [0.1, 0.15) is 19.8 Å². The smallest absolute Gasteiger partial charge is 0.306 e. The summed E-state index contributed by atoms with van der Waals surface area (Å²) in [6.45, 7) is 4.23. The molecule has 0 rings (SSSR count). The van der Waals surface area contributed by atoms with Gasteiger partial charge in [-0.1, -0.05) is 180 Å². The Morgan fingerprint density at radius 3 is 1.34 bits per heavy atom. The summed E-state index contributed by atoms with van der Waals surface area (Å²) in [5, 5.41) is 0. The van der Waals surface area contributed by atoms with Crippen LogP contribution in [0.5, 0.6) is 0 Å². The van der Waals surface area contributed by atoms with E-state index in [1.807, 2.05) is 21.1 Å². The van der Waals surface area contributed by atoms with Crippen LogP contribution in [0.1, 0.15) is 219 Å². The van der Waals surface area contributed by atoms with E-state index in [4.69, 9.17) is 18.5 Å². The lowest BCUT2D eigenvalue weighted by Gasteiger charge is -2.28. The molecule has 0 spiro atoms. The number of carbonyl (C=O) groups excluding carboxylic acids is 2. The Bertz CT molecular complexity index is 969. The first-order valence-corrected chi connectivity index (χ1v) is 24.9. The minimum Gasteiger partial charge on any atom is -0.756 e. The molecular formula is C46H90NO8P. The van der Waals surface area contributed by atoms with Gasteiger partial charge in [0.25, 0.3) is 7.82 Å². The van der Waals surface area contributed by atoms with Crippen molar-refractivity contribution >= 4 is 19.8 Å². The van der Waals surface area contributed by atoms with Crippen molar-refractivity contribution in [1.29, 1.82) is 0 Å². The summed E-state index contributed by atoms with van der Waals surface area (Å²) in [5.41, 5.74) is 0. The number of esters is 2. The van der Waals surface area contributed by atoms with E-state index in [1.54, 1.807) is 0 Å². The summed E-state index contributed by atoms with van der Waals surface area (Å²) in [6.07, 6.45) is 40.9. The van der Waals surface area contributed by atoms with Crippen LogP contribution in [-0.2, 0) is 32.7 Å². The number of unbranched alkanes of at least 4 members (excludes halogenated alkanes) is 27. The molecule has 9 nitrogen and oxygen atoms in total. The molecule has 0 heterocycles. The molecule has 0 aromatic carbocycles. The molecule has 0 aliphatic rings. The average molecular weight is 816 g/mol. The van der Waals surface area contributed by atoms with Gasteiger partial charge in [0, 0.05) is 12.8 Å². The lowest BCUT2D eigenvalue weighted by molar-refractivity contribution is -0.870. The summed E-state index contributed by atoms with van der Waals surface area (Å²) < 4.78 is 33.9. The van der Waals surface area contributed by atoms with E-state index in [0.717, 1.165) is 51.4 Å². The first-order valence-electron chi connectivity index (χ1n) is 23.4. The van der Waals surface area contributed by atoms with E-state index in [1.165, 1.54) is 135 Å². The number of ether oxygens (including phenoxy) is 2. The third kappa shape index (κ3) is 42.4. The summed E-state index contributed by atoms with van der Waals surface area (Å²) >= 11 is 0. The maximum Gasteiger partial charge on any atom is 0.306 e. The van der Waals surface area contributed by atoms with Gasteiger partial charge in [0.15, 0.2) is 6.10 Å². The molecule has 332 valence electrons. The van der Waals surface area contributed by atoms with Gasteiger partial charge in [0.05, 0.1) is 27.7 Å². The molecule has 0 aliphatic carbocycles. The maximum absolute atomic E-state index is 12.7. The lowest BCUT2D eigenvalue weighted by atomic mass is 10.0. The van der Waals surface area contributed by atoms with Crippen molar-refractivity contribution in [2.24, 2.45) is 0 Å². The number of carbonyl (C=O) groups is 2. The number of allylic oxidation sites excluding steroid dienone is 2. The van der Waals surface area contributed by atoms with Crippen LogP contribution in [0, 0.1) is 0 Å². The Hall–Kier alpha value is -1.25. The second kappa shape index (κ2) is 39.2. The zero-order valence-electron chi connectivity index (χ0n) is 37.3. The summed E-state index contributed by atoms with van der Waals surface area (Å²) in [7, 11) is 1.17. The largest absolute Gasteiger partial charge is 0.756 e. The SMILES string of the molecule is CCCCCC/C=C\CCCCCCCC(=O)OC(COC(=O)CCCCCCCCCCCCCCCCCCCCC)COP(=O)([O-])OCC[N+](C)(C)C. The van der Waals surface area contributed by atoms with Crippen molar-refractivity contribution in [1.82, 2.24) is 0 Å². The fraction of sp³-hybridized carbons (Fsp3) is 0.913. The minimum absolute atomic E-state index is 0.0293. The maximum atomic E-state index is 12.7. The molecule has 0 N–H and O–H groups in total. The third-order valence-corrected chi connectivity index (χ3v) is 11.2. The van der Waals surface area contributed by atoms with Crippen LogP contribution in [0.4, 0.5) is 0 Å². The molecule has 2 unspecified atom stereocenters.